The van der Waals surface area contributed by atoms with E-state index in [9.17, 15) is 0 Å². The first kappa shape index (κ1) is 20.0. The number of anilines is 2. The standard InChI is InChI=1S/C24H26N8O/c1-16-17(2)24(29-32-15-27-28-23(16)32)31-6-5-21-20(14-31)11-19(13-25-21)18-3-4-22(26-12-18)30-7-9-33-10-8-30/h3-4,11-13,15H,5-10,14H2,1-2H3. The van der Waals surface area contributed by atoms with Gasteiger partial charge in [-0.1, -0.05) is 0 Å². The van der Waals surface area contributed by atoms with Crippen LogP contribution in [0.2, 0.25) is 0 Å². The van der Waals surface area contributed by atoms with Crippen molar-refractivity contribution in [2.75, 3.05) is 42.6 Å². The fourth-order valence-electron chi connectivity index (χ4n) is 4.66. The van der Waals surface area contributed by atoms with E-state index in [1.54, 1.807) is 10.8 Å². The number of hydrogen-bond acceptors (Lipinski definition) is 8. The summed E-state index contributed by atoms with van der Waals surface area (Å²) >= 11 is 0. The largest absolute Gasteiger partial charge is 0.378 e. The summed E-state index contributed by atoms with van der Waals surface area (Å²) in [6.45, 7) is 9.13. The van der Waals surface area contributed by atoms with Crippen LogP contribution in [-0.2, 0) is 17.7 Å². The molecule has 9 nitrogen and oxygen atoms in total. The summed E-state index contributed by atoms with van der Waals surface area (Å²) in [5.74, 6) is 1.98. The predicted molar refractivity (Wildman–Crippen MR) is 126 cm³/mol. The second-order valence-corrected chi connectivity index (χ2v) is 8.68. The molecule has 6 rings (SSSR count). The molecule has 0 aromatic carbocycles. The average molecular weight is 443 g/mol. The van der Waals surface area contributed by atoms with Crippen molar-refractivity contribution < 1.29 is 4.74 Å². The van der Waals surface area contributed by atoms with Crippen molar-refractivity contribution in [2.24, 2.45) is 0 Å². The number of fused-ring (bicyclic) bond motifs is 2. The molecule has 2 aliphatic rings. The third-order valence-corrected chi connectivity index (χ3v) is 6.72. The van der Waals surface area contributed by atoms with Crippen molar-refractivity contribution in [1.82, 2.24) is 29.8 Å². The van der Waals surface area contributed by atoms with Gasteiger partial charge >= 0.3 is 0 Å². The molecule has 4 aromatic heterocycles. The topological polar surface area (TPSA) is 84.6 Å². The molecule has 2 aliphatic heterocycles. The quantitative estimate of drug-likeness (QED) is 0.479. The lowest BCUT2D eigenvalue weighted by molar-refractivity contribution is 0.122. The second kappa shape index (κ2) is 8.08. The monoisotopic (exact) mass is 442 g/mol. The fourth-order valence-corrected chi connectivity index (χ4v) is 4.66. The molecule has 0 amide bonds. The zero-order valence-electron chi connectivity index (χ0n) is 18.9. The maximum absolute atomic E-state index is 5.44. The van der Waals surface area contributed by atoms with Crippen molar-refractivity contribution in [3.05, 3.63) is 59.3 Å². The maximum atomic E-state index is 5.44. The van der Waals surface area contributed by atoms with E-state index in [1.165, 1.54) is 5.56 Å². The molecule has 33 heavy (non-hydrogen) atoms. The lowest BCUT2D eigenvalue weighted by Crippen LogP contribution is -2.36. The molecule has 4 aromatic rings. The Kier molecular flexibility index (Phi) is 4.91. The highest BCUT2D eigenvalue weighted by molar-refractivity contribution is 5.65. The van der Waals surface area contributed by atoms with Crippen molar-refractivity contribution in [1.29, 1.82) is 0 Å². The van der Waals surface area contributed by atoms with Gasteiger partial charge in [0.1, 0.15) is 12.1 Å². The van der Waals surface area contributed by atoms with Crippen LogP contribution in [0.3, 0.4) is 0 Å². The minimum atomic E-state index is 0.757. The minimum absolute atomic E-state index is 0.757. The number of aryl methyl sites for hydroxylation is 1. The summed E-state index contributed by atoms with van der Waals surface area (Å²) in [5, 5.41) is 13.0. The summed E-state index contributed by atoms with van der Waals surface area (Å²) in [6, 6.07) is 6.48. The fraction of sp³-hybridized carbons (Fsp3) is 0.375. The average Bonchev–Trinajstić information content (AvgIpc) is 3.35. The van der Waals surface area contributed by atoms with Crippen molar-refractivity contribution in [2.45, 2.75) is 26.8 Å². The van der Waals surface area contributed by atoms with Crippen LogP contribution in [0.5, 0.6) is 0 Å². The van der Waals surface area contributed by atoms with Crippen LogP contribution >= 0.6 is 0 Å². The summed E-state index contributed by atoms with van der Waals surface area (Å²) in [7, 11) is 0. The molecule has 0 radical (unpaired) electrons. The Balaban J connectivity index is 1.27. The molecule has 0 saturated carbocycles. The molecule has 6 heterocycles. The highest BCUT2D eigenvalue weighted by Gasteiger charge is 2.23. The summed E-state index contributed by atoms with van der Waals surface area (Å²) in [5.41, 5.74) is 7.63. The predicted octanol–water partition coefficient (Wildman–Crippen LogP) is 2.60. The lowest BCUT2D eigenvalue weighted by Gasteiger charge is -2.31. The molecule has 0 unspecified atom stereocenters. The molecule has 0 spiro atoms. The highest BCUT2D eigenvalue weighted by atomic mass is 16.5. The Bertz CT molecular complexity index is 1310. The van der Waals surface area contributed by atoms with E-state index in [4.69, 9.17) is 19.8 Å². The summed E-state index contributed by atoms with van der Waals surface area (Å²) < 4.78 is 7.21. The van der Waals surface area contributed by atoms with E-state index >= 15 is 0 Å². The van der Waals surface area contributed by atoms with E-state index in [-0.39, 0.29) is 0 Å². The van der Waals surface area contributed by atoms with Gasteiger partial charge in [0.15, 0.2) is 11.5 Å². The Morgan fingerprint density at radius 1 is 0.909 bits per heavy atom. The van der Waals surface area contributed by atoms with Gasteiger partial charge in [-0.3, -0.25) is 4.98 Å². The molecule has 9 heteroatoms. The molecule has 1 fully saturated rings. The smallest absolute Gasteiger partial charge is 0.180 e. The summed E-state index contributed by atoms with van der Waals surface area (Å²) in [6.07, 6.45) is 6.47. The van der Waals surface area contributed by atoms with E-state index in [0.29, 0.717) is 0 Å². The Hall–Kier alpha value is -3.59. The minimum Gasteiger partial charge on any atom is -0.378 e. The molecule has 0 aliphatic carbocycles. The van der Waals surface area contributed by atoms with E-state index in [2.05, 4.69) is 52.0 Å². The SMILES string of the molecule is Cc1c(N2CCc3ncc(-c4ccc(N5CCOCC5)nc4)cc3C2)nn2cnnc2c1C. The molecule has 1 saturated heterocycles. The number of hydrogen-bond donors (Lipinski definition) is 0. The van der Waals surface area contributed by atoms with Gasteiger partial charge in [0.25, 0.3) is 0 Å². The van der Waals surface area contributed by atoms with Gasteiger partial charge in [-0.2, -0.15) is 4.52 Å². The van der Waals surface area contributed by atoms with E-state index < -0.39 is 0 Å². The van der Waals surface area contributed by atoms with Crippen LogP contribution in [-0.4, -0.2) is 62.6 Å². The number of nitrogens with zero attached hydrogens (tertiary/aromatic N) is 8. The summed E-state index contributed by atoms with van der Waals surface area (Å²) in [4.78, 5) is 14.1. The molecular formula is C24H26N8O. The van der Waals surface area contributed by atoms with Gasteiger partial charge in [-0.15, -0.1) is 15.3 Å². The van der Waals surface area contributed by atoms with Gasteiger partial charge in [-0.05, 0) is 37.6 Å². The van der Waals surface area contributed by atoms with Gasteiger partial charge in [0.05, 0.1) is 13.2 Å². The Morgan fingerprint density at radius 3 is 2.58 bits per heavy atom. The number of morpholine rings is 1. The van der Waals surface area contributed by atoms with Crippen LogP contribution in [0, 0.1) is 13.8 Å². The third-order valence-electron chi connectivity index (χ3n) is 6.72. The zero-order valence-corrected chi connectivity index (χ0v) is 18.9. The highest BCUT2D eigenvalue weighted by Crippen LogP contribution is 2.30. The first-order valence-electron chi connectivity index (χ1n) is 11.4. The molecule has 0 bridgehead atoms. The maximum Gasteiger partial charge on any atom is 0.180 e. The normalized spacial score (nSPS) is 16.3. The van der Waals surface area contributed by atoms with Crippen molar-refractivity contribution in [3.63, 3.8) is 0 Å². The third kappa shape index (κ3) is 3.58. The van der Waals surface area contributed by atoms with Gasteiger partial charge in [0.2, 0.25) is 0 Å². The zero-order chi connectivity index (χ0) is 22.4. The number of rotatable bonds is 3. The lowest BCUT2D eigenvalue weighted by atomic mass is 10.0. The molecule has 168 valence electrons. The van der Waals surface area contributed by atoms with Crippen LogP contribution in [0.4, 0.5) is 11.6 Å². The van der Waals surface area contributed by atoms with Crippen LogP contribution in [0.15, 0.2) is 36.9 Å². The van der Waals surface area contributed by atoms with Crippen molar-refractivity contribution >= 4 is 17.3 Å². The molecular weight excluding hydrogens is 416 g/mol. The Labute approximate surface area is 192 Å². The van der Waals surface area contributed by atoms with E-state index in [0.717, 1.165) is 91.0 Å². The van der Waals surface area contributed by atoms with Crippen LogP contribution in [0.1, 0.15) is 22.4 Å². The first-order valence-corrected chi connectivity index (χ1v) is 11.4. The molecule has 0 N–H and O–H groups in total. The van der Waals surface area contributed by atoms with E-state index in [1.807, 2.05) is 12.4 Å². The van der Waals surface area contributed by atoms with Crippen LogP contribution in [0.25, 0.3) is 16.8 Å². The van der Waals surface area contributed by atoms with Crippen LogP contribution < -0.4 is 9.80 Å². The number of aromatic nitrogens is 6. The van der Waals surface area contributed by atoms with Gasteiger partial charge in [0, 0.05) is 72.9 Å². The van der Waals surface area contributed by atoms with Gasteiger partial charge < -0.3 is 14.5 Å². The second-order valence-electron chi connectivity index (χ2n) is 8.68. The van der Waals surface area contributed by atoms with Gasteiger partial charge in [-0.25, -0.2) is 4.98 Å². The molecule has 0 atom stereocenters. The van der Waals surface area contributed by atoms with Crippen molar-refractivity contribution in [3.8, 4) is 11.1 Å². The number of ether oxygens (including phenoxy) is 1. The number of pyridine rings is 2. The Morgan fingerprint density at radius 2 is 1.76 bits per heavy atom. The first-order chi connectivity index (χ1) is 16.2.